The molecular weight excluding hydrogens is 360 g/mol. The van der Waals surface area contributed by atoms with Crippen molar-refractivity contribution in [1.82, 2.24) is 19.8 Å². The number of nitrogens with zero attached hydrogens (tertiary/aromatic N) is 4. The molecule has 150 valence electrons. The Bertz CT molecular complexity index is 951. The number of fused-ring (bicyclic) bond motifs is 1. The van der Waals surface area contributed by atoms with Gasteiger partial charge in [0.25, 0.3) is 0 Å². The van der Waals surface area contributed by atoms with Crippen LogP contribution in [0.25, 0.3) is 10.9 Å². The summed E-state index contributed by atoms with van der Waals surface area (Å²) in [4.78, 5) is 25.8. The minimum atomic E-state index is 0.236. The summed E-state index contributed by atoms with van der Waals surface area (Å²) in [6.07, 6.45) is 6.45. The largest absolute Gasteiger partial charge is 0.341 e. The molecule has 1 saturated heterocycles. The lowest BCUT2D eigenvalue weighted by molar-refractivity contribution is -0.131. The average Bonchev–Trinajstić information content (AvgIpc) is 2.76. The van der Waals surface area contributed by atoms with Crippen molar-refractivity contribution in [2.24, 2.45) is 5.92 Å². The number of rotatable bonds is 6. The van der Waals surface area contributed by atoms with Crippen molar-refractivity contribution in [3.05, 3.63) is 72.2 Å². The molecule has 1 amide bonds. The van der Waals surface area contributed by atoms with Crippen LogP contribution in [0.1, 0.15) is 30.5 Å². The summed E-state index contributed by atoms with van der Waals surface area (Å²) in [6, 6.07) is 16.3. The average molecular weight is 389 g/mol. The number of hydrogen-bond donors (Lipinski definition) is 0. The highest BCUT2D eigenvalue weighted by Gasteiger charge is 2.23. The monoisotopic (exact) mass is 388 g/mol. The van der Waals surface area contributed by atoms with Crippen LogP contribution in [0.15, 0.2) is 60.9 Å². The highest BCUT2D eigenvalue weighted by molar-refractivity contribution is 5.79. The van der Waals surface area contributed by atoms with Crippen LogP contribution in [0, 0.1) is 5.92 Å². The number of benzene rings is 1. The lowest BCUT2D eigenvalue weighted by atomic mass is 9.93. The van der Waals surface area contributed by atoms with Crippen molar-refractivity contribution in [1.29, 1.82) is 0 Å². The fraction of sp³-hybridized carbons (Fsp3) is 0.375. The number of likely N-dealkylation sites (tertiary alicyclic amines) is 1. The van der Waals surface area contributed by atoms with Gasteiger partial charge in [-0.1, -0.05) is 18.2 Å². The summed E-state index contributed by atoms with van der Waals surface area (Å²) < 4.78 is 0. The van der Waals surface area contributed by atoms with Crippen LogP contribution in [0.2, 0.25) is 0 Å². The van der Waals surface area contributed by atoms with Gasteiger partial charge in [-0.25, -0.2) is 0 Å². The minimum Gasteiger partial charge on any atom is -0.341 e. The quantitative estimate of drug-likeness (QED) is 0.643. The summed E-state index contributed by atoms with van der Waals surface area (Å²) in [6.45, 7) is 3.62. The Morgan fingerprint density at radius 3 is 2.69 bits per heavy atom. The van der Waals surface area contributed by atoms with Crippen molar-refractivity contribution in [3.8, 4) is 0 Å². The molecule has 0 atom stereocenters. The number of amides is 1. The number of carbonyl (C=O) groups excluding carboxylic acids is 1. The van der Waals surface area contributed by atoms with Crippen LogP contribution < -0.4 is 0 Å². The van der Waals surface area contributed by atoms with Crippen molar-refractivity contribution < 1.29 is 4.79 Å². The summed E-state index contributed by atoms with van der Waals surface area (Å²) in [5.74, 6) is 0.713. The van der Waals surface area contributed by atoms with Crippen molar-refractivity contribution >= 4 is 16.8 Å². The Hall–Kier alpha value is -2.79. The maximum atomic E-state index is 12.7. The van der Waals surface area contributed by atoms with E-state index in [0.717, 1.165) is 54.6 Å². The molecule has 1 fully saturated rings. The van der Waals surface area contributed by atoms with Gasteiger partial charge in [-0.15, -0.1) is 0 Å². The fourth-order valence-electron chi connectivity index (χ4n) is 4.06. The first-order valence-electron chi connectivity index (χ1n) is 10.4. The van der Waals surface area contributed by atoms with Crippen LogP contribution in [-0.4, -0.2) is 45.8 Å². The molecule has 0 saturated carbocycles. The highest BCUT2D eigenvalue weighted by atomic mass is 16.2. The van der Waals surface area contributed by atoms with Crippen LogP contribution in [0.5, 0.6) is 0 Å². The first kappa shape index (κ1) is 19.5. The maximum Gasteiger partial charge on any atom is 0.222 e. The zero-order valence-corrected chi connectivity index (χ0v) is 17.0. The molecule has 29 heavy (non-hydrogen) atoms. The normalized spacial score (nSPS) is 15.5. The molecule has 5 heteroatoms. The van der Waals surface area contributed by atoms with Crippen LogP contribution in [0.3, 0.4) is 0 Å². The summed E-state index contributed by atoms with van der Waals surface area (Å²) in [5, 5.41) is 1.12. The molecule has 0 N–H and O–H groups in total. The first-order valence-corrected chi connectivity index (χ1v) is 10.4. The molecule has 4 rings (SSSR count). The molecule has 0 radical (unpaired) electrons. The number of hydrogen-bond acceptors (Lipinski definition) is 4. The van der Waals surface area contributed by atoms with Gasteiger partial charge in [-0.05, 0) is 67.7 Å². The Labute approximate surface area is 172 Å². The van der Waals surface area contributed by atoms with Crippen LogP contribution >= 0.6 is 0 Å². The van der Waals surface area contributed by atoms with E-state index >= 15 is 0 Å². The SMILES string of the molecule is CN(Cc1ccc2ncccc2c1)C(=O)CC1CCN(Cc2ccccn2)CC1. The number of piperidine rings is 1. The summed E-state index contributed by atoms with van der Waals surface area (Å²) in [5.41, 5.74) is 3.25. The van der Waals surface area contributed by atoms with Gasteiger partial charge < -0.3 is 4.90 Å². The zero-order chi connectivity index (χ0) is 20.1. The molecule has 0 spiro atoms. The second-order valence-electron chi connectivity index (χ2n) is 8.02. The number of pyridine rings is 2. The number of aromatic nitrogens is 2. The van der Waals surface area contributed by atoms with Gasteiger partial charge in [0.1, 0.15) is 0 Å². The van der Waals surface area contributed by atoms with E-state index in [4.69, 9.17) is 0 Å². The molecule has 3 aromatic rings. The van der Waals surface area contributed by atoms with E-state index in [-0.39, 0.29) is 5.91 Å². The van der Waals surface area contributed by atoms with Gasteiger partial charge in [0.15, 0.2) is 0 Å². The molecule has 0 aliphatic carbocycles. The highest BCUT2D eigenvalue weighted by Crippen LogP contribution is 2.23. The van der Waals surface area contributed by atoms with Gasteiger partial charge in [0.2, 0.25) is 5.91 Å². The maximum absolute atomic E-state index is 12.7. The van der Waals surface area contributed by atoms with Crippen LogP contribution in [-0.2, 0) is 17.9 Å². The van der Waals surface area contributed by atoms with Gasteiger partial charge in [0, 0.05) is 44.3 Å². The third-order valence-corrected chi connectivity index (χ3v) is 5.80. The lowest BCUT2D eigenvalue weighted by Gasteiger charge is -2.32. The number of carbonyl (C=O) groups is 1. The molecule has 0 unspecified atom stereocenters. The minimum absolute atomic E-state index is 0.236. The van der Waals surface area contributed by atoms with Gasteiger partial charge >= 0.3 is 0 Å². The standard InChI is InChI=1S/C24H28N4O/c1-27(17-20-7-8-23-21(15-20)5-4-12-26-23)24(29)16-19-9-13-28(14-10-19)18-22-6-2-3-11-25-22/h2-8,11-12,15,19H,9-10,13-14,16-18H2,1H3. The Morgan fingerprint density at radius 1 is 1.07 bits per heavy atom. The van der Waals surface area contributed by atoms with E-state index in [1.165, 1.54) is 0 Å². The van der Waals surface area contributed by atoms with E-state index in [1.54, 1.807) is 6.20 Å². The van der Waals surface area contributed by atoms with Crippen molar-refractivity contribution in [2.75, 3.05) is 20.1 Å². The predicted molar refractivity (Wildman–Crippen MR) is 115 cm³/mol. The molecular formula is C24H28N4O. The Kier molecular flexibility index (Phi) is 6.15. The third-order valence-electron chi connectivity index (χ3n) is 5.80. The van der Waals surface area contributed by atoms with E-state index in [9.17, 15) is 4.79 Å². The van der Waals surface area contributed by atoms with Crippen molar-refractivity contribution in [3.63, 3.8) is 0 Å². The fourth-order valence-corrected chi connectivity index (χ4v) is 4.06. The predicted octanol–water partition coefficient (Wildman–Crippen LogP) is 3.89. The third kappa shape index (κ3) is 5.18. The molecule has 2 aromatic heterocycles. The smallest absolute Gasteiger partial charge is 0.222 e. The summed E-state index contributed by atoms with van der Waals surface area (Å²) >= 11 is 0. The Morgan fingerprint density at radius 2 is 1.90 bits per heavy atom. The van der Waals surface area contributed by atoms with Crippen molar-refractivity contribution in [2.45, 2.75) is 32.4 Å². The van der Waals surface area contributed by atoms with Gasteiger partial charge in [-0.2, -0.15) is 0 Å². The molecule has 1 aliphatic rings. The molecule has 3 heterocycles. The molecule has 5 nitrogen and oxygen atoms in total. The van der Waals surface area contributed by atoms with E-state index in [1.807, 2.05) is 42.4 Å². The van der Waals surface area contributed by atoms with Gasteiger partial charge in [-0.3, -0.25) is 19.7 Å². The Balaban J connectivity index is 1.25. The molecule has 1 aromatic carbocycles. The summed E-state index contributed by atoms with van der Waals surface area (Å²) in [7, 11) is 1.91. The van der Waals surface area contributed by atoms with Crippen LogP contribution in [0.4, 0.5) is 0 Å². The molecule has 0 bridgehead atoms. The first-order chi connectivity index (χ1) is 14.2. The lowest BCUT2D eigenvalue weighted by Crippen LogP contribution is -2.36. The van der Waals surface area contributed by atoms with E-state index < -0.39 is 0 Å². The topological polar surface area (TPSA) is 49.3 Å². The second-order valence-corrected chi connectivity index (χ2v) is 8.02. The van der Waals surface area contributed by atoms with E-state index in [0.29, 0.717) is 18.9 Å². The zero-order valence-electron chi connectivity index (χ0n) is 17.0. The second kappa shape index (κ2) is 9.14. The van der Waals surface area contributed by atoms with E-state index in [2.05, 4.69) is 39.1 Å². The van der Waals surface area contributed by atoms with Gasteiger partial charge in [0.05, 0.1) is 11.2 Å². The molecule has 1 aliphatic heterocycles.